The summed E-state index contributed by atoms with van der Waals surface area (Å²) in [6, 6.07) is 4.26. The van der Waals surface area contributed by atoms with Gasteiger partial charge in [-0.2, -0.15) is 0 Å². The SMILES string of the molecule is COCCN(CC/C(N)=N/O)Cc1cc(F)ccc1Cl. The van der Waals surface area contributed by atoms with Gasteiger partial charge >= 0.3 is 0 Å². The second kappa shape index (κ2) is 8.73. The fraction of sp³-hybridized carbons (Fsp3) is 0.462. The van der Waals surface area contributed by atoms with Crippen molar-refractivity contribution >= 4 is 17.4 Å². The van der Waals surface area contributed by atoms with E-state index in [0.29, 0.717) is 43.2 Å². The van der Waals surface area contributed by atoms with Crippen molar-refractivity contribution in [2.24, 2.45) is 10.9 Å². The van der Waals surface area contributed by atoms with Crippen LogP contribution in [-0.4, -0.2) is 42.7 Å². The number of amidine groups is 1. The van der Waals surface area contributed by atoms with E-state index in [2.05, 4.69) is 5.16 Å². The largest absolute Gasteiger partial charge is 0.409 e. The van der Waals surface area contributed by atoms with Gasteiger partial charge in [-0.3, -0.25) is 4.90 Å². The summed E-state index contributed by atoms with van der Waals surface area (Å²) in [5.74, 6) is -0.176. The molecule has 0 aromatic heterocycles. The number of benzene rings is 1. The van der Waals surface area contributed by atoms with Crippen molar-refractivity contribution in [2.75, 3.05) is 26.8 Å². The summed E-state index contributed by atoms with van der Waals surface area (Å²) in [7, 11) is 1.61. The molecular weight excluding hydrogens is 285 g/mol. The monoisotopic (exact) mass is 303 g/mol. The Balaban J connectivity index is 2.69. The number of ether oxygens (including phenoxy) is 1. The second-order valence-electron chi connectivity index (χ2n) is 4.35. The zero-order valence-electron chi connectivity index (χ0n) is 11.4. The lowest BCUT2D eigenvalue weighted by atomic mass is 10.2. The van der Waals surface area contributed by atoms with Crippen molar-refractivity contribution in [2.45, 2.75) is 13.0 Å². The van der Waals surface area contributed by atoms with E-state index in [9.17, 15) is 4.39 Å². The van der Waals surface area contributed by atoms with Gasteiger partial charge in [0.05, 0.1) is 6.61 Å². The summed E-state index contributed by atoms with van der Waals surface area (Å²) in [6.07, 6.45) is 0.410. The van der Waals surface area contributed by atoms with Crippen LogP contribution in [0.15, 0.2) is 23.4 Å². The average molecular weight is 304 g/mol. The molecule has 0 aliphatic carbocycles. The lowest BCUT2D eigenvalue weighted by Crippen LogP contribution is -2.31. The van der Waals surface area contributed by atoms with Crippen LogP contribution in [0.4, 0.5) is 4.39 Å². The summed E-state index contributed by atoms with van der Waals surface area (Å²) in [6.45, 7) is 2.20. The highest BCUT2D eigenvalue weighted by molar-refractivity contribution is 6.31. The van der Waals surface area contributed by atoms with Gasteiger partial charge in [-0.05, 0) is 23.8 Å². The van der Waals surface area contributed by atoms with Crippen molar-refractivity contribution in [1.29, 1.82) is 0 Å². The second-order valence-corrected chi connectivity index (χ2v) is 4.75. The number of hydrogen-bond acceptors (Lipinski definition) is 4. The van der Waals surface area contributed by atoms with Crippen LogP contribution in [0.1, 0.15) is 12.0 Å². The number of oxime groups is 1. The minimum Gasteiger partial charge on any atom is -0.409 e. The molecule has 0 atom stereocenters. The quantitative estimate of drug-likeness (QED) is 0.334. The van der Waals surface area contributed by atoms with Crippen LogP contribution >= 0.6 is 11.6 Å². The Kier molecular flexibility index (Phi) is 7.28. The number of halogens is 2. The standard InChI is InChI=1S/C13H19ClFN3O2/c1-20-7-6-18(5-4-13(16)17-19)9-10-8-11(15)2-3-12(10)14/h2-3,8,19H,4-7,9H2,1H3,(H2,16,17). The Labute approximate surface area is 122 Å². The van der Waals surface area contributed by atoms with Gasteiger partial charge in [0.15, 0.2) is 0 Å². The molecule has 3 N–H and O–H groups in total. The fourth-order valence-electron chi connectivity index (χ4n) is 1.72. The third-order valence-electron chi connectivity index (χ3n) is 2.83. The lowest BCUT2D eigenvalue weighted by molar-refractivity contribution is 0.145. The van der Waals surface area contributed by atoms with Crippen molar-refractivity contribution in [3.63, 3.8) is 0 Å². The number of nitrogens with zero attached hydrogens (tertiary/aromatic N) is 2. The van der Waals surface area contributed by atoms with E-state index < -0.39 is 0 Å². The van der Waals surface area contributed by atoms with Gasteiger partial charge < -0.3 is 15.7 Å². The molecular formula is C13H19ClFN3O2. The molecule has 0 saturated carbocycles. The maximum absolute atomic E-state index is 13.2. The summed E-state index contributed by atoms with van der Waals surface area (Å²) < 4.78 is 18.3. The molecule has 7 heteroatoms. The van der Waals surface area contributed by atoms with Crippen molar-refractivity contribution < 1.29 is 14.3 Å². The van der Waals surface area contributed by atoms with Crippen LogP contribution in [0.2, 0.25) is 5.02 Å². The van der Waals surface area contributed by atoms with Crippen LogP contribution in [-0.2, 0) is 11.3 Å². The normalized spacial score (nSPS) is 12.1. The molecule has 0 unspecified atom stereocenters. The maximum Gasteiger partial charge on any atom is 0.140 e. The Bertz CT molecular complexity index is 457. The van der Waals surface area contributed by atoms with E-state index in [4.69, 9.17) is 27.3 Å². The van der Waals surface area contributed by atoms with Gasteiger partial charge in [0.2, 0.25) is 0 Å². The van der Waals surface area contributed by atoms with Crippen LogP contribution < -0.4 is 5.73 Å². The number of methoxy groups -OCH3 is 1. The molecule has 0 spiro atoms. The molecule has 0 saturated heterocycles. The molecule has 0 fully saturated rings. The van der Waals surface area contributed by atoms with Crippen LogP contribution in [0.5, 0.6) is 0 Å². The summed E-state index contributed by atoms with van der Waals surface area (Å²) >= 11 is 6.05. The Hall–Kier alpha value is -1.37. The van der Waals surface area contributed by atoms with Gasteiger partial charge in [-0.1, -0.05) is 16.8 Å². The third-order valence-corrected chi connectivity index (χ3v) is 3.19. The highest BCUT2D eigenvalue weighted by atomic mass is 35.5. The molecule has 20 heavy (non-hydrogen) atoms. The van der Waals surface area contributed by atoms with Gasteiger partial charge in [-0.25, -0.2) is 4.39 Å². The zero-order chi connectivity index (χ0) is 15.0. The predicted molar refractivity (Wildman–Crippen MR) is 76.6 cm³/mol. The zero-order valence-corrected chi connectivity index (χ0v) is 12.1. The summed E-state index contributed by atoms with van der Waals surface area (Å²) in [5, 5.41) is 12.0. The van der Waals surface area contributed by atoms with E-state index in [1.54, 1.807) is 7.11 Å². The molecule has 0 heterocycles. The number of rotatable bonds is 8. The molecule has 1 aromatic carbocycles. The molecule has 0 aliphatic rings. The topological polar surface area (TPSA) is 71.1 Å². The summed E-state index contributed by atoms with van der Waals surface area (Å²) in [5.41, 5.74) is 6.15. The van der Waals surface area contributed by atoms with E-state index >= 15 is 0 Å². The third kappa shape index (κ3) is 5.73. The van der Waals surface area contributed by atoms with Gasteiger partial charge in [-0.15, -0.1) is 0 Å². The number of nitrogens with two attached hydrogens (primary N) is 1. The fourth-order valence-corrected chi connectivity index (χ4v) is 1.90. The molecule has 0 amide bonds. The Morgan fingerprint density at radius 3 is 2.90 bits per heavy atom. The highest BCUT2D eigenvalue weighted by Gasteiger charge is 2.10. The van der Waals surface area contributed by atoms with Crippen LogP contribution in [0, 0.1) is 5.82 Å². The Morgan fingerprint density at radius 1 is 1.50 bits per heavy atom. The summed E-state index contributed by atoms with van der Waals surface area (Å²) in [4.78, 5) is 2.00. The van der Waals surface area contributed by atoms with Crippen molar-refractivity contribution in [3.05, 3.63) is 34.6 Å². The van der Waals surface area contributed by atoms with Gasteiger partial charge in [0, 0.05) is 38.2 Å². The van der Waals surface area contributed by atoms with Crippen LogP contribution in [0.3, 0.4) is 0 Å². The van der Waals surface area contributed by atoms with Gasteiger partial charge in [0.25, 0.3) is 0 Å². The Morgan fingerprint density at radius 2 is 2.25 bits per heavy atom. The maximum atomic E-state index is 13.2. The van der Waals surface area contributed by atoms with E-state index in [0.717, 1.165) is 0 Å². The molecule has 0 bridgehead atoms. The molecule has 1 rings (SSSR count). The first kappa shape index (κ1) is 16.7. The molecule has 112 valence electrons. The van der Waals surface area contributed by atoms with Gasteiger partial charge in [0.1, 0.15) is 11.7 Å². The van der Waals surface area contributed by atoms with Crippen molar-refractivity contribution in [3.8, 4) is 0 Å². The smallest absolute Gasteiger partial charge is 0.140 e. The van der Waals surface area contributed by atoms with E-state index in [1.807, 2.05) is 4.90 Å². The highest BCUT2D eigenvalue weighted by Crippen LogP contribution is 2.19. The first-order valence-electron chi connectivity index (χ1n) is 6.18. The van der Waals surface area contributed by atoms with Crippen molar-refractivity contribution in [1.82, 2.24) is 4.90 Å². The minimum atomic E-state index is -0.326. The minimum absolute atomic E-state index is 0.151. The first-order chi connectivity index (χ1) is 9.56. The average Bonchev–Trinajstić information content (AvgIpc) is 2.45. The molecule has 5 nitrogen and oxygen atoms in total. The van der Waals surface area contributed by atoms with E-state index in [-0.39, 0.29) is 11.7 Å². The predicted octanol–water partition coefficient (Wildman–Crippen LogP) is 2.06. The van der Waals surface area contributed by atoms with Crippen LogP contribution in [0.25, 0.3) is 0 Å². The molecule has 1 aromatic rings. The number of hydrogen-bond donors (Lipinski definition) is 2. The first-order valence-corrected chi connectivity index (χ1v) is 6.56. The van der Waals surface area contributed by atoms with E-state index in [1.165, 1.54) is 18.2 Å². The molecule has 0 radical (unpaired) electrons. The lowest BCUT2D eigenvalue weighted by Gasteiger charge is -2.22. The molecule has 0 aliphatic heterocycles.